The van der Waals surface area contributed by atoms with Crippen molar-refractivity contribution < 1.29 is 9.53 Å². The standard InChI is InChI=1S/C17H26N4O3/c1-12-8-9-16(22)21(20-12)15-11-24-10-14(15)19-17(23)18-13-6-4-2-3-5-7-13/h8-9,13-15H,2-7,10-11H2,1H3,(H2,18,19,23). The molecule has 2 amide bonds. The van der Waals surface area contributed by atoms with Crippen LogP contribution in [-0.2, 0) is 4.74 Å². The quantitative estimate of drug-likeness (QED) is 0.821. The largest absolute Gasteiger partial charge is 0.377 e. The Balaban J connectivity index is 1.62. The van der Waals surface area contributed by atoms with Gasteiger partial charge in [0.05, 0.1) is 24.9 Å². The highest BCUT2D eigenvalue weighted by Gasteiger charge is 2.33. The Hall–Kier alpha value is -1.89. The lowest BCUT2D eigenvalue weighted by atomic mass is 10.1. The summed E-state index contributed by atoms with van der Waals surface area (Å²) in [6, 6.07) is 2.75. The molecule has 7 nitrogen and oxygen atoms in total. The first-order chi connectivity index (χ1) is 11.6. The Morgan fingerprint density at radius 2 is 1.92 bits per heavy atom. The summed E-state index contributed by atoms with van der Waals surface area (Å²) < 4.78 is 6.92. The summed E-state index contributed by atoms with van der Waals surface area (Å²) in [7, 11) is 0. The van der Waals surface area contributed by atoms with Gasteiger partial charge in [0.25, 0.3) is 5.56 Å². The third-order valence-electron chi connectivity index (χ3n) is 4.83. The molecule has 2 unspecified atom stereocenters. The van der Waals surface area contributed by atoms with E-state index < -0.39 is 0 Å². The number of amides is 2. The molecule has 1 aromatic heterocycles. The lowest BCUT2D eigenvalue weighted by Crippen LogP contribution is -2.50. The zero-order chi connectivity index (χ0) is 16.9. The van der Waals surface area contributed by atoms with E-state index in [1.165, 1.54) is 36.4 Å². The van der Waals surface area contributed by atoms with Crippen LogP contribution in [0.4, 0.5) is 4.79 Å². The molecule has 1 saturated carbocycles. The van der Waals surface area contributed by atoms with Crippen molar-refractivity contribution in [3.05, 3.63) is 28.2 Å². The lowest BCUT2D eigenvalue weighted by Gasteiger charge is -2.23. The molecule has 1 aliphatic heterocycles. The van der Waals surface area contributed by atoms with Gasteiger partial charge in [-0.1, -0.05) is 25.7 Å². The zero-order valence-corrected chi connectivity index (χ0v) is 14.2. The van der Waals surface area contributed by atoms with Crippen LogP contribution in [0.5, 0.6) is 0 Å². The minimum atomic E-state index is -0.266. The molecule has 2 heterocycles. The van der Waals surface area contributed by atoms with E-state index in [0.29, 0.717) is 13.2 Å². The number of carbonyl (C=O) groups is 1. The summed E-state index contributed by atoms with van der Waals surface area (Å²) in [5.74, 6) is 0. The molecule has 2 N–H and O–H groups in total. The van der Waals surface area contributed by atoms with E-state index in [4.69, 9.17) is 4.74 Å². The third-order valence-corrected chi connectivity index (χ3v) is 4.83. The number of rotatable bonds is 3. The second kappa shape index (κ2) is 7.79. The molecule has 132 valence electrons. The Morgan fingerprint density at radius 3 is 2.67 bits per heavy atom. The Labute approximate surface area is 141 Å². The predicted octanol–water partition coefficient (Wildman–Crippen LogP) is 1.51. The van der Waals surface area contributed by atoms with Crippen LogP contribution in [0.1, 0.15) is 50.3 Å². The van der Waals surface area contributed by atoms with Crippen LogP contribution in [0.25, 0.3) is 0 Å². The number of aromatic nitrogens is 2. The topological polar surface area (TPSA) is 85.2 Å². The Kier molecular flexibility index (Phi) is 5.50. The van der Waals surface area contributed by atoms with E-state index >= 15 is 0 Å². The van der Waals surface area contributed by atoms with Crippen molar-refractivity contribution in [2.75, 3.05) is 13.2 Å². The molecule has 1 aromatic rings. The summed E-state index contributed by atoms with van der Waals surface area (Å²) in [6.45, 7) is 2.61. The van der Waals surface area contributed by atoms with E-state index in [0.717, 1.165) is 18.5 Å². The zero-order valence-electron chi connectivity index (χ0n) is 14.2. The highest BCUT2D eigenvalue weighted by atomic mass is 16.5. The smallest absolute Gasteiger partial charge is 0.315 e. The molecule has 24 heavy (non-hydrogen) atoms. The highest BCUT2D eigenvalue weighted by Crippen LogP contribution is 2.19. The predicted molar refractivity (Wildman–Crippen MR) is 90.0 cm³/mol. The van der Waals surface area contributed by atoms with Gasteiger partial charge in [-0.2, -0.15) is 5.10 Å². The molecule has 3 rings (SSSR count). The van der Waals surface area contributed by atoms with Crippen LogP contribution in [-0.4, -0.2) is 41.1 Å². The Bertz CT molecular complexity index is 623. The van der Waals surface area contributed by atoms with Gasteiger partial charge in [-0.05, 0) is 25.8 Å². The van der Waals surface area contributed by atoms with Crippen LogP contribution in [0.2, 0.25) is 0 Å². The summed E-state index contributed by atoms with van der Waals surface area (Å²) in [6.07, 6.45) is 6.92. The van der Waals surface area contributed by atoms with Crippen molar-refractivity contribution in [1.29, 1.82) is 0 Å². The van der Waals surface area contributed by atoms with Gasteiger partial charge in [0.1, 0.15) is 6.04 Å². The lowest BCUT2D eigenvalue weighted by molar-refractivity contribution is 0.180. The van der Waals surface area contributed by atoms with Gasteiger partial charge < -0.3 is 15.4 Å². The van der Waals surface area contributed by atoms with Crippen molar-refractivity contribution in [2.45, 2.75) is 63.6 Å². The van der Waals surface area contributed by atoms with E-state index in [2.05, 4.69) is 15.7 Å². The SMILES string of the molecule is Cc1ccc(=O)n(C2COCC2NC(=O)NC2CCCCCC2)n1. The molecule has 2 aliphatic rings. The minimum absolute atomic E-state index is 0.174. The number of ether oxygens (including phenoxy) is 1. The third kappa shape index (κ3) is 4.14. The van der Waals surface area contributed by atoms with E-state index in [-0.39, 0.29) is 29.7 Å². The summed E-state index contributed by atoms with van der Waals surface area (Å²) in [4.78, 5) is 24.4. The van der Waals surface area contributed by atoms with Gasteiger partial charge in [-0.25, -0.2) is 9.48 Å². The number of carbonyl (C=O) groups excluding carboxylic acids is 1. The number of nitrogens with zero attached hydrogens (tertiary/aromatic N) is 2. The summed E-state index contributed by atoms with van der Waals surface area (Å²) in [5, 5.41) is 10.3. The normalized spacial score (nSPS) is 25.2. The molecule has 1 aliphatic carbocycles. The monoisotopic (exact) mass is 334 g/mol. The van der Waals surface area contributed by atoms with Gasteiger partial charge in [-0.15, -0.1) is 0 Å². The fourth-order valence-corrected chi connectivity index (χ4v) is 3.50. The second-order valence-electron chi connectivity index (χ2n) is 6.78. The van der Waals surface area contributed by atoms with E-state index in [1.807, 2.05) is 6.92 Å². The maximum absolute atomic E-state index is 12.3. The second-order valence-corrected chi connectivity index (χ2v) is 6.78. The van der Waals surface area contributed by atoms with Crippen molar-refractivity contribution in [3.8, 4) is 0 Å². The molecule has 1 saturated heterocycles. The molecular weight excluding hydrogens is 308 g/mol. The van der Waals surface area contributed by atoms with Crippen LogP contribution < -0.4 is 16.2 Å². The first-order valence-electron chi connectivity index (χ1n) is 8.85. The first-order valence-corrected chi connectivity index (χ1v) is 8.85. The van der Waals surface area contributed by atoms with Gasteiger partial charge in [-0.3, -0.25) is 4.79 Å². The number of hydrogen-bond donors (Lipinski definition) is 2. The van der Waals surface area contributed by atoms with Crippen molar-refractivity contribution in [2.24, 2.45) is 0 Å². The minimum Gasteiger partial charge on any atom is -0.377 e. The number of nitrogens with one attached hydrogen (secondary N) is 2. The molecular formula is C17H26N4O3. The van der Waals surface area contributed by atoms with Gasteiger partial charge in [0.15, 0.2) is 0 Å². The van der Waals surface area contributed by atoms with Crippen LogP contribution in [0.3, 0.4) is 0 Å². The molecule has 2 fully saturated rings. The average molecular weight is 334 g/mol. The van der Waals surface area contributed by atoms with Crippen molar-refractivity contribution in [3.63, 3.8) is 0 Å². The number of aryl methyl sites for hydroxylation is 1. The molecule has 0 bridgehead atoms. The number of urea groups is 1. The van der Waals surface area contributed by atoms with E-state index in [1.54, 1.807) is 6.07 Å². The average Bonchev–Trinajstić information content (AvgIpc) is 2.84. The van der Waals surface area contributed by atoms with Crippen LogP contribution in [0, 0.1) is 6.92 Å². The van der Waals surface area contributed by atoms with Gasteiger partial charge in [0, 0.05) is 12.1 Å². The molecule has 7 heteroatoms. The number of hydrogen-bond acceptors (Lipinski definition) is 4. The van der Waals surface area contributed by atoms with E-state index in [9.17, 15) is 9.59 Å². The first kappa shape index (κ1) is 17.0. The fraction of sp³-hybridized carbons (Fsp3) is 0.706. The molecule has 0 spiro atoms. The van der Waals surface area contributed by atoms with Gasteiger partial charge >= 0.3 is 6.03 Å². The van der Waals surface area contributed by atoms with Gasteiger partial charge in [0.2, 0.25) is 0 Å². The van der Waals surface area contributed by atoms with Crippen molar-refractivity contribution >= 4 is 6.03 Å². The summed E-state index contributed by atoms with van der Waals surface area (Å²) in [5.41, 5.74) is 0.593. The molecule has 2 atom stereocenters. The molecule has 0 aromatic carbocycles. The molecule has 0 radical (unpaired) electrons. The maximum atomic E-state index is 12.3. The fourth-order valence-electron chi connectivity index (χ4n) is 3.50. The van der Waals surface area contributed by atoms with Crippen LogP contribution in [0.15, 0.2) is 16.9 Å². The summed E-state index contributed by atoms with van der Waals surface area (Å²) >= 11 is 0. The highest BCUT2D eigenvalue weighted by molar-refractivity contribution is 5.74. The van der Waals surface area contributed by atoms with Crippen LogP contribution >= 0.6 is 0 Å². The van der Waals surface area contributed by atoms with Crippen molar-refractivity contribution in [1.82, 2.24) is 20.4 Å². The Morgan fingerprint density at radius 1 is 1.17 bits per heavy atom. The maximum Gasteiger partial charge on any atom is 0.315 e.